The van der Waals surface area contributed by atoms with Crippen LogP contribution in [0.15, 0.2) is 10.5 Å². The van der Waals surface area contributed by atoms with Gasteiger partial charge in [-0.05, 0) is 32.8 Å². The highest BCUT2D eigenvalue weighted by Crippen LogP contribution is 2.22. The molecule has 0 aliphatic carbocycles. The van der Waals surface area contributed by atoms with Gasteiger partial charge in [0.1, 0.15) is 17.6 Å². The molecule has 3 rings (SSSR count). The van der Waals surface area contributed by atoms with Crippen LogP contribution in [0.2, 0.25) is 0 Å². The second kappa shape index (κ2) is 6.94. The van der Waals surface area contributed by atoms with Crippen LogP contribution in [0.3, 0.4) is 0 Å². The summed E-state index contributed by atoms with van der Waals surface area (Å²) in [5, 5.41) is 0. The average molecular weight is 335 g/mol. The lowest BCUT2D eigenvalue weighted by Gasteiger charge is -2.35. The third-order valence-electron chi connectivity index (χ3n) is 4.80. The summed E-state index contributed by atoms with van der Waals surface area (Å²) < 4.78 is 11.1. The topological polar surface area (TPSA) is 89.0 Å². The lowest BCUT2D eigenvalue weighted by Crippen LogP contribution is -2.53. The summed E-state index contributed by atoms with van der Waals surface area (Å²) in [5.74, 6) is 1.37. The number of rotatable bonds is 3. The van der Waals surface area contributed by atoms with Crippen molar-refractivity contribution in [3.05, 3.63) is 23.2 Å². The maximum absolute atomic E-state index is 12.6. The van der Waals surface area contributed by atoms with Gasteiger partial charge >= 0.3 is 0 Å². The molecular formula is C17H25N3O4. The summed E-state index contributed by atoms with van der Waals surface area (Å²) in [7, 11) is 0. The highest BCUT2D eigenvalue weighted by atomic mass is 16.5. The van der Waals surface area contributed by atoms with Gasteiger partial charge in [-0.25, -0.2) is 0 Å². The number of furan rings is 1. The molecular weight excluding hydrogens is 310 g/mol. The third kappa shape index (κ3) is 3.32. The predicted octanol–water partition coefficient (Wildman–Crippen LogP) is 0.687. The fourth-order valence-electron chi connectivity index (χ4n) is 3.41. The van der Waals surface area contributed by atoms with Crippen LogP contribution in [0.25, 0.3) is 0 Å². The Morgan fingerprint density at radius 3 is 2.38 bits per heavy atom. The Kier molecular flexibility index (Phi) is 4.91. The molecule has 0 bridgehead atoms. The molecule has 2 fully saturated rings. The molecule has 132 valence electrons. The Bertz CT molecular complexity index is 619. The van der Waals surface area contributed by atoms with Crippen molar-refractivity contribution in [2.24, 2.45) is 5.73 Å². The number of carbonyl (C=O) groups excluding carboxylic acids is 2. The molecule has 0 unspecified atom stereocenters. The number of carbonyl (C=O) groups is 2. The van der Waals surface area contributed by atoms with Gasteiger partial charge in [-0.3, -0.25) is 9.59 Å². The number of aryl methyl sites for hydroxylation is 2. The second-order valence-corrected chi connectivity index (χ2v) is 6.50. The first-order valence-electron chi connectivity index (χ1n) is 8.50. The van der Waals surface area contributed by atoms with E-state index in [0.29, 0.717) is 44.0 Å². The number of amides is 2. The van der Waals surface area contributed by atoms with Crippen LogP contribution in [0.4, 0.5) is 0 Å². The van der Waals surface area contributed by atoms with Crippen molar-refractivity contribution in [2.45, 2.75) is 38.9 Å². The van der Waals surface area contributed by atoms with Gasteiger partial charge in [0.2, 0.25) is 0 Å². The molecule has 0 aromatic carbocycles. The lowest BCUT2D eigenvalue weighted by atomic mass is 10.1. The summed E-state index contributed by atoms with van der Waals surface area (Å²) in [6.45, 7) is 6.21. The first-order valence-corrected chi connectivity index (χ1v) is 8.50. The molecule has 2 aliphatic rings. The van der Waals surface area contributed by atoms with Crippen molar-refractivity contribution < 1.29 is 18.7 Å². The lowest BCUT2D eigenvalue weighted by molar-refractivity contribution is -0.144. The number of nitrogens with two attached hydrogens (primary N) is 1. The molecule has 1 aromatic heterocycles. The third-order valence-corrected chi connectivity index (χ3v) is 4.80. The molecule has 0 saturated carbocycles. The molecule has 2 saturated heterocycles. The van der Waals surface area contributed by atoms with E-state index >= 15 is 0 Å². The largest absolute Gasteiger partial charge is 0.466 e. The maximum atomic E-state index is 12.6. The summed E-state index contributed by atoms with van der Waals surface area (Å²) in [6, 6.07) is 1.77. The summed E-state index contributed by atoms with van der Waals surface area (Å²) >= 11 is 0. The molecule has 2 atom stereocenters. The predicted molar refractivity (Wildman–Crippen MR) is 87.6 cm³/mol. The van der Waals surface area contributed by atoms with E-state index in [1.165, 1.54) is 0 Å². The van der Waals surface area contributed by atoms with Crippen LogP contribution in [-0.2, 0) is 9.53 Å². The smallest absolute Gasteiger partial charge is 0.257 e. The van der Waals surface area contributed by atoms with Gasteiger partial charge in [0.05, 0.1) is 11.7 Å². The van der Waals surface area contributed by atoms with Crippen LogP contribution < -0.4 is 5.73 Å². The normalized spacial score (nSPS) is 24.5. The molecule has 24 heavy (non-hydrogen) atoms. The molecule has 7 heteroatoms. The standard InChI is InChI=1S/C17H25N3O4/c1-11-9-14(12(2)23-11)16(21)19-5-7-20(8-6-19)17(22)15-4-3-13(10-18)24-15/h9,13,15H,3-8,10,18H2,1-2H3/t13-,15+/m1/s1. The molecule has 2 amide bonds. The van der Waals surface area contributed by atoms with Gasteiger partial charge in [-0.1, -0.05) is 0 Å². The molecule has 0 radical (unpaired) electrons. The van der Waals surface area contributed by atoms with Crippen LogP contribution in [0.1, 0.15) is 34.7 Å². The SMILES string of the molecule is Cc1cc(C(=O)N2CCN(C(=O)[C@@H]3CC[C@H](CN)O3)CC2)c(C)o1. The van der Waals surface area contributed by atoms with E-state index in [-0.39, 0.29) is 24.0 Å². The van der Waals surface area contributed by atoms with Gasteiger partial charge < -0.3 is 24.7 Å². The molecule has 2 N–H and O–H groups in total. The number of piperazine rings is 1. The first kappa shape index (κ1) is 17.0. The summed E-state index contributed by atoms with van der Waals surface area (Å²) in [5.41, 5.74) is 6.20. The Morgan fingerprint density at radius 2 is 1.83 bits per heavy atom. The van der Waals surface area contributed by atoms with Crippen molar-refractivity contribution >= 4 is 11.8 Å². The zero-order valence-corrected chi connectivity index (χ0v) is 14.3. The van der Waals surface area contributed by atoms with Crippen LogP contribution in [0, 0.1) is 13.8 Å². The van der Waals surface area contributed by atoms with Gasteiger partial charge in [0.25, 0.3) is 11.8 Å². The molecule has 3 heterocycles. The minimum absolute atomic E-state index is 0.00544. The van der Waals surface area contributed by atoms with E-state index in [0.717, 1.165) is 18.6 Å². The van der Waals surface area contributed by atoms with E-state index in [1.807, 2.05) is 6.92 Å². The van der Waals surface area contributed by atoms with E-state index in [4.69, 9.17) is 14.9 Å². The molecule has 0 spiro atoms. The van der Waals surface area contributed by atoms with Gasteiger partial charge in [0, 0.05) is 32.7 Å². The monoisotopic (exact) mass is 335 g/mol. The van der Waals surface area contributed by atoms with Crippen LogP contribution >= 0.6 is 0 Å². The van der Waals surface area contributed by atoms with E-state index in [9.17, 15) is 9.59 Å². The molecule has 7 nitrogen and oxygen atoms in total. The number of ether oxygens (including phenoxy) is 1. The number of hydrogen-bond donors (Lipinski definition) is 1. The van der Waals surface area contributed by atoms with Crippen molar-refractivity contribution in [1.82, 2.24) is 9.80 Å². The minimum atomic E-state index is -0.375. The van der Waals surface area contributed by atoms with Gasteiger partial charge in [-0.15, -0.1) is 0 Å². The van der Waals surface area contributed by atoms with Crippen LogP contribution in [-0.4, -0.2) is 66.5 Å². The second-order valence-electron chi connectivity index (χ2n) is 6.50. The Balaban J connectivity index is 1.55. The maximum Gasteiger partial charge on any atom is 0.257 e. The zero-order valence-electron chi connectivity index (χ0n) is 14.3. The minimum Gasteiger partial charge on any atom is -0.466 e. The van der Waals surface area contributed by atoms with Crippen LogP contribution in [0.5, 0.6) is 0 Å². The van der Waals surface area contributed by atoms with Crippen molar-refractivity contribution in [3.63, 3.8) is 0 Å². The molecule has 2 aliphatic heterocycles. The van der Waals surface area contributed by atoms with Gasteiger partial charge in [-0.2, -0.15) is 0 Å². The van der Waals surface area contributed by atoms with E-state index in [2.05, 4.69) is 0 Å². The quantitative estimate of drug-likeness (QED) is 0.878. The number of nitrogens with zero attached hydrogens (tertiary/aromatic N) is 2. The van der Waals surface area contributed by atoms with Gasteiger partial charge in [0.15, 0.2) is 0 Å². The highest BCUT2D eigenvalue weighted by Gasteiger charge is 2.35. The average Bonchev–Trinajstić information content (AvgIpc) is 3.20. The first-order chi connectivity index (χ1) is 11.5. The Labute approximate surface area is 141 Å². The zero-order chi connectivity index (χ0) is 17.3. The fraction of sp³-hybridized carbons (Fsp3) is 0.647. The molecule has 1 aromatic rings. The summed E-state index contributed by atoms with van der Waals surface area (Å²) in [6.07, 6.45) is 1.19. The number of hydrogen-bond acceptors (Lipinski definition) is 5. The van der Waals surface area contributed by atoms with Crippen molar-refractivity contribution in [3.8, 4) is 0 Å². The van der Waals surface area contributed by atoms with E-state index in [1.54, 1.807) is 22.8 Å². The summed E-state index contributed by atoms with van der Waals surface area (Å²) in [4.78, 5) is 28.6. The van der Waals surface area contributed by atoms with Crippen molar-refractivity contribution in [1.29, 1.82) is 0 Å². The Morgan fingerprint density at radius 1 is 1.17 bits per heavy atom. The van der Waals surface area contributed by atoms with Crippen molar-refractivity contribution in [2.75, 3.05) is 32.7 Å². The van der Waals surface area contributed by atoms with E-state index < -0.39 is 0 Å². The fourth-order valence-corrected chi connectivity index (χ4v) is 3.41. The highest BCUT2D eigenvalue weighted by molar-refractivity contribution is 5.95. The Hall–Kier alpha value is -1.86.